The summed E-state index contributed by atoms with van der Waals surface area (Å²) >= 11 is 0. The van der Waals surface area contributed by atoms with Gasteiger partial charge in [-0.15, -0.1) is 4.68 Å². The number of tetrazole rings is 1. The molecule has 5 heteroatoms. The van der Waals surface area contributed by atoms with Gasteiger partial charge in [-0.05, 0) is 29.1 Å². The molecule has 2 aromatic carbocycles. The summed E-state index contributed by atoms with van der Waals surface area (Å²) in [5.74, 6) is 0. The van der Waals surface area contributed by atoms with Crippen molar-refractivity contribution >= 4 is 0 Å². The van der Waals surface area contributed by atoms with Crippen LogP contribution in [0.1, 0.15) is 0 Å². The lowest BCUT2D eigenvalue weighted by Crippen LogP contribution is -3.00. The molecular weight excluding hydrogens is 292 g/mol. The fourth-order valence-corrected chi connectivity index (χ4v) is 1.71. The third-order valence-corrected chi connectivity index (χ3v) is 2.51. The lowest BCUT2D eigenvalue weighted by atomic mass is 10.3. The summed E-state index contributed by atoms with van der Waals surface area (Å²) in [5, 5.41) is 8.04. The normalized spacial score (nSPS) is 9.78. The predicted octanol–water partition coefficient (Wildman–Crippen LogP) is -1.45. The minimum Gasteiger partial charge on any atom is -1.00 e. The standard InChI is InChI=1S/C13H11N4.BrH/c1-3-7-12(8-4-1)16-11-14-15-17(16)13-9-5-2-6-10-13;/h1-11H;1H/q+1;/p-1. The number of benzene rings is 2. The first-order valence-electron chi connectivity index (χ1n) is 5.38. The van der Waals surface area contributed by atoms with Crippen molar-refractivity contribution in [2.45, 2.75) is 0 Å². The van der Waals surface area contributed by atoms with Crippen LogP contribution in [0.2, 0.25) is 0 Å². The first-order valence-corrected chi connectivity index (χ1v) is 5.38. The van der Waals surface area contributed by atoms with Gasteiger partial charge in [-0.3, -0.25) is 0 Å². The molecule has 0 aliphatic rings. The van der Waals surface area contributed by atoms with Gasteiger partial charge in [-0.1, -0.05) is 36.4 Å². The van der Waals surface area contributed by atoms with Gasteiger partial charge >= 0.3 is 0 Å². The second kappa shape index (κ2) is 5.55. The van der Waals surface area contributed by atoms with Gasteiger partial charge in [-0.25, -0.2) is 0 Å². The maximum absolute atomic E-state index is 4.09. The largest absolute Gasteiger partial charge is 1.00 e. The SMILES string of the molecule is [Br-].c1ccc(-n2nnc[n+]2-c2ccccc2)cc1. The zero-order valence-electron chi connectivity index (χ0n) is 9.52. The Balaban J connectivity index is 0.00000120. The van der Waals surface area contributed by atoms with Crippen molar-refractivity contribution in [2.75, 3.05) is 0 Å². The fraction of sp³-hybridized carbons (Fsp3) is 0. The number of nitrogens with zero attached hydrogens (tertiary/aromatic N) is 4. The van der Waals surface area contributed by atoms with Crippen LogP contribution in [0, 0.1) is 0 Å². The molecule has 0 amide bonds. The maximum Gasteiger partial charge on any atom is 0.294 e. The molecule has 1 aromatic heterocycles. The van der Waals surface area contributed by atoms with Crippen molar-refractivity contribution in [3.63, 3.8) is 0 Å². The molecule has 1 heterocycles. The Kier molecular flexibility index (Phi) is 3.84. The van der Waals surface area contributed by atoms with Gasteiger partial charge in [0, 0.05) is 0 Å². The van der Waals surface area contributed by atoms with Gasteiger partial charge in [0.25, 0.3) is 6.33 Å². The van der Waals surface area contributed by atoms with E-state index in [1.165, 1.54) is 0 Å². The van der Waals surface area contributed by atoms with Crippen LogP contribution < -0.4 is 21.7 Å². The number of aromatic nitrogens is 4. The van der Waals surface area contributed by atoms with Crippen LogP contribution in [0.25, 0.3) is 11.4 Å². The summed E-state index contributed by atoms with van der Waals surface area (Å²) in [6.45, 7) is 0. The molecule has 18 heavy (non-hydrogen) atoms. The number of halogens is 1. The van der Waals surface area contributed by atoms with Crippen molar-refractivity contribution in [1.82, 2.24) is 15.1 Å². The van der Waals surface area contributed by atoms with E-state index >= 15 is 0 Å². The Morgan fingerprint density at radius 3 is 2.11 bits per heavy atom. The van der Waals surface area contributed by atoms with Gasteiger partial charge in [-0.2, -0.15) is 0 Å². The highest BCUT2D eigenvalue weighted by Gasteiger charge is 2.13. The second-order valence-electron chi connectivity index (χ2n) is 3.63. The molecule has 0 fully saturated rings. The highest BCUT2D eigenvalue weighted by atomic mass is 79.9. The third kappa shape index (κ3) is 2.31. The molecule has 3 rings (SSSR count). The first kappa shape index (κ1) is 12.4. The van der Waals surface area contributed by atoms with E-state index in [0.29, 0.717) is 0 Å². The zero-order valence-corrected chi connectivity index (χ0v) is 11.1. The summed E-state index contributed by atoms with van der Waals surface area (Å²) in [5.41, 5.74) is 2.01. The molecule has 90 valence electrons. The first-order chi connectivity index (χ1) is 8.45. The highest BCUT2D eigenvalue weighted by Crippen LogP contribution is 2.03. The van der Waals surface area contributed by atoms with E-state index in [9.17, 15) is 0 Å². The Hall–Kier alpha value is -2.01. The average Bonchev–Trinajstić information content (AvgIpc) is 2.90. The molecular formula is C13H11BrN4. The monoisotopic (exact) mass is 302 g/mol. The third-order valence-electron chi connectivity index (χ3n) is 2.51. The van der Waals surface area contributed by atoms with Gasteiger partial charge in [0.2, 0.25) is 0 Å². The minimum atomic E-state index is 0. The van der Waals surface area contributed by atoms with Crippen LogP contribution in [0.15, 0.2) is 67.0 Å². The summed E-state index contributed by atoms with van der Waals surface area (Å²) in [6.07, 6.45) is 1.70. The van der Waals surface area contributed by atoms with E-state index < -0.39 is 0 Å². The minimum absolute atomic E-state index is 0. The smallest absolute Gasteiger partial charge is 0.294 e. The zero-order chi connectivity index (χ0) is 11.5. The van der Waals surface area contributed by atoms with Crippen molar-refractivity contribution in [3.05, 3.63) is 67.0 Å². The Morgan fingerprint density at radius 1 is 0.833 bits per heavy atom. The Morgan fingerprint density at radius 2 is 1.44 bits per heavy atom. The van der Waals surface area contributed by atoms with Crippen LogP contribution in [-0.4, -0.2) is 15.1 Å². The lowest BCUT2D eigenvalue weighted by Gasteiger charge is -2.01. The number of rotatable bonds is 2. The Bertz CT molecular complexity index is 553. The molecule has 0 aliphatic heterocycles. The maximum atomic E-state index is 4.09. The molecule has 4 nitrogen and oxygen atoms in total. The quantitative estimate of drug-likeness (QED) is 0.543. The summed E-state index contributed by atoms with van der Waals surface area (Å²) in [6, 6.07) is 19.9. The van der Waals surface area contributed by atoms with E-state index in [4.69, 9.17) is 0 Å². The fourth-order valence-electron chi connectivity index (χ4n) is 1.71. The molecule has 3 aromatic rings. The van der Waals surface area contributed by atoms with Crippen molar-refractivity contribution < 1.29 is 21.7 Å². The topological polar surface area (TPSA) is 34.6 Å². The van der Waals surface area contributed by atoms with Crippen LogP contribution in [0.4, 0.5) is 0 Å². The molecule has 0 N–H and O–H groups in total. The number of hydrogen-bond acceptors (Lipinski definition) is 2. The van der Waals surface area contributed by atoms with Gasteiger partial charge in [0.05, 0.1) is 0 Å². The van der Waals surface area contributed by atoms with Gasteiger partial charge in [0.15, 0.2) is 5.21 Å². The van der Waals surface area contributed by atoms with Crippen LogP contribution >= 0.6 is 0 Å². The highest BCUT2D eigenvalue weighted by molar-refractivity contribution is 5.28. The van der Waals surface area contributed by atoms with Crippen LogP contribution in [0.3, 0.4) is 0 Å². The van der Waals surface area contributed by atoms with Gasteiger partial charge in [0.1, 0.15) is 16.5 Å². The molecule has 0 saturated carbocycles. The summed E-state index contributed by atoms with van der Waals surface area (Å²) in [7, 11) is 0. The van der Waals surface area contributed by atoms with Crippen molar-refractivity contribution in [3.8, 4) is 11.4 Å². The van der Waals surface area contributed by atoms with Crippen LogP contribution in [-0.2, 0) is 0 Å². The van der Waals surface area contributed by atoms with E-state index in [1.807, 2.05) is 65.3 Å². The molecule has 0 unspecified atom stereocenters. The van der Waals surface area contributed by atoms with E-state index in [-0.39, 0.29) is 17.0 Å². The van der Waals surface area contributed by atoms with E-state index in [1.54, 1.807) is 11.1 Å². The van der Waals surface area contributed by atoms with Crippen LogP contribution in [0.5, 0.6) is 0 Å². The lowest BCUT2D eigenvalue weighted by molar-refractivity contribution is -0.680. The van der Waals surface area contributed by atoms with E-state index in [2.05, 4.69) is 10.3 Å². The molecule has 0 saturated heterocycles. The van der Waals surface area contributed by atoms with E-state index in [0.717, 1.165) is 11.4 Å². The molecule has 0 bridgehead atoms. The molecule has 0 spiro atoms. The predicted molar refractivity (Wildman–Crippen MR) is 62.9 cm³/mol. The molecule has 0 atom stereocenters. The van der Waals surface area contributed by atoms with Crippen molar-refractivity contribution in [2.24, 2.45) is 0 Å². The second-order valence-corrected chi connectivity index (χ2v) is 3.63. The molecule has 0 aliphatic carbocycles. The summed E-state index contributed by atoms with van der Waals surface area (Å²) in [4.78, 5) is 1.76. The molecule has 0 radical (unpaired) electrons. The average molecular weight is 303 g/mol. The van der Waals surface area contributed by atoms with Gasteiger partial charge < -0.3 is 17.0 Å². The summed E-state index contributed by atoms with van der Waals surface area (Å²) < 4.78 is 1.90. The van der Waals surface area contributed by atoms with Crippen molar-refractivity contribution in [1.29, 1.82) is 0 Å². The Labute approximate surface area is 115 Å². The number of para-hydroxylation sites is 2. The number of hydrogen-bond donors (Lipinski definition) is 0.